The standard InChI is InChI=1S/CH4N2O.CH2O3.H3N/c2*2-1(3)4;/h(H4,2,3,4);(H2,2,3,4);1H3. The Labute approximate surface area is 50.8 Å². The Balaban J connectivity index is -0.0000000720. The van der Waals surface area contributed by atoms with Gasteiger partial charge in [0.1, 0.15) is 0 Å². The molecule has 7 heteroatoms. The van der Waals surface area contributed by atoms with Crippen LogP contribution in [0.25, 0.3) is 0 Å². The third kappa shape index (κ3) is 58.5. The quantitative estimate of drug-likeness (QED) is 0.302. The molecule has 0 saturated heterocycles. The van der Waals surface area contributed by atoms with Gasteiger partial charge < -0.3 is 27.8 Å². The van der Waals surface area contributed by atoms with Crippen molar-refractivity contribution in [3.8, 4) is 0 Å². The van der Waals surface area contributed by atoms with Crippen LogP contribution in [0.1, 0.15) is 0 Å². The number of rotatable bonds is 0. The molecule has 56 valence electrons. The normalized spacial score (nSPS) is 5.33. The summed E-state index contributed by atoms with van der Waals surface area (Å²) in [4.78, 5) is 17.6. The van der Waals surface area contributed by atoms with Crippen molar-refractivity contribution in [2.75, 3.05) is 0 Å². The van der Waals surface area contributed by atoms with Crippen molar-refractivity contribution in [1.29, 1.82) is 0 Å². The Hall–Kier alpha value is -1.50. The Morgan fingerprint density at radius 3 is 1.11 bits per heavy atom. The van der Waals surface area contributed by atoms with Crippen molar-refractivity contribution in [3.63, 3.8) is 0 Å². The molecule has 0 spiro atoms. The van der Waals surface area contributed by atoms with E-state index in [4.69, 9.17) is 19.8 Å². The third-order valence-electron chi connectivity index (χ3n) is 0. The van der Waals surface area contributed by atoms with Crippen LogP contribution >= 0.6 is 0 Å². The average Bonchev–Trinajstić information content (AvgIpc) is 1.25. The second kappa shape index (κ2) is 9.71. The Bertz CT molecular complexity index is 71.8. The van der Waals surface area contributed by atoms with Crippen molar-refractivity contribution >= 4 is 12.2 Å². The fraction of sp³-hybridized carbons (Fsp3) is 0. The highest BCUT2D eigenvalue weighted by Crippen LogP contribution is 1.42. The second-order valence-corrected chi connectivity index (χ2v) is 0.685. The molecule has 0 aliphatic heterocycles. The number of urea groups is 1. The van der Waals surface area contributed by atoms with Crippen molar-refractivity contribution in [1.82, 2.24) is 6.15 Å². The van der Waals surface area contributed by atoms with Crippen LogP contribution in [0.2, 0.25) is 0 Å². The van der Waals surface area contributed by atoms with Crippen molar-refractivity contribution in [2.24, 2.45) is 11.5 Å². The number of carbonyl (C=O) groups excluding carboxylic acids is 1. The van der Waals surface area contributed by atoms with Gasteiger partial charge in [-0.3, -0.25) is 0 Å². The van der Waals surface area contributed by atoms with Crippen molar-refractivity contribution < 1.29 is 19.8 Å². The van der Waals surface area contributed by atoms with Crippen LogP contribution in [-0.2, 0) is 0 Å². The molecule has 0 aromatic carbocycles. The van der Waals surface area contributed by atoms with Gasteiger partial charge in [0, 0.05) is 0 Å². The lowest BCUT2D eigenvalue weighted by Crippen LogP contribution is -2.18. The summed E-state index contributed by atoms with van der Waals surface area (Å²) in [5.74, 6) is 0. The molecule has 0 aromatic heterocycles. The molecule has 0 rings (SSSR count). The number of nitrogens with two attached hydrogens (primary N) is 2. The molecule has 0 bridgehead atoms. The summed E-state index contributed by atoms with van der Waals surface area (Å²) in [6.45, 7) is 0. The van der Waals surface area contributed by atoms with Gasteiger partial charge in [0.05, 0.1) is 0 Å². The summed E-state index contributed by atoms with van der Waals surface area (Å²) < 4.78 is 0. The Morgan fingerprint density at radius 2 is 1.11 bits per heavy atom. The summed E-state index contributed by atoms with van der Waals surface area (Å²) >= 11 is 0. The molecule has 0 aliphatic rings. The molecule has 0 fully saturated rings. The van der Waals surface area contributed by atoms with E-state index in [9.17, 15) is 0 Å². The summed E-state index contributed by atoms with van der Waals surface area (Å²) in [5, 5.41) is 13.9. The van der Waals surface area contributed by atoms with Crippen LogP contribution < -0.4 is 17.6 Å². The SMILES string of the molecule is N.NC(N)=O.O=C(O)O. The zero-order valence-electron chi connectivity index (χ0n) is 4.57. The lowest BCUT2D eigenvalue weighted by atomic mass is 11.2. The zero-order chi connectivity index (χ0) is 7.15. The highest BCUT2D eigenvalue weighted by molar-refractivity contribution is 5.69. The number of primary amides is 2. The van der Waals surface area contributed by atoms with Crippen molar-refractivity contribution in [2.45, 2.75) is 0 Å². The van der Waals surface area contributed by atoms with E-state index < -0.39 is 12.2 Å². The topological polar surface area (TPSA) is 162 Å². The zero-order valence-corrected chi connectivity index (χ0v) is 4.57. The molecule has 0 atom stereocenters. The smallest absolute Gasteiger partial charge is 0.450 e. The molecular weight excluding hydrogens is 130 g/mol. The van der Waals surface area contributed by atoms with E-state index in [1.54, 1.807) is 0 Å². The molecule has 0 aliphatic carbocycles. The maximum Gasteiger partial charge on any atom is 0.503 e. The lowest BCUT2D eigenvalue weighted by molar-refractivity contribution is 0.137. The monoisotopic (exact) mass is 139 g/mol. The predicted molar refractivity (Wildman–Crippen MR) is 29.4 cm³/mol. The van der Waals surface area contributed by atoms with Crippen LogP contribution in [0, 0.1) is 0 Å². The van der Waals surface area contributed by atoms with Gasteiger partial charge in [-0.05, 0) is 0 Å². The largest absolute Gasteiger partial charge is 0.503 e. The lowest BCUT2D eigenvalue weighted by Gasteiger charge is -1.62. The average molecular weight is 139 g/mol. The van der Waals surface area contributed by atoms with Crippen LogP contribution in [-0.4, -0.2) is 22.4 Å². The van der Waals surface area contributed by atoms with Crippen LogP contribution in [0.5, 0.6) is 0 Å². The van der Waals surface area contributed by atoms with Crippen LogP contribution in [0.3, 0.4) is 0 Å². The van der Waals surface area contributed by atoms with Gasteiger partial charge in [0.2, 0.25) is 0 Å². The molecule has 9 N–H and O–H groups in total. The van der Waals surface area contributed by atoms with E-state index in [1.165, 1.54) is 0 Å². The van der Waals surface area contributed by atoms with Crippen molar-refractivity contribution in [3.05, 3.63) is 0 Å². The van der Waals surface area contributed by atoms with E-state index >= 15 is 0 Å². The first kappa shape index (κ1) is 15.6. The molecule has 0 radical (unpaired) electrons. The third-order valence-corrected chi connectivity index (χ3v) is 0. The first-order valence-corrected chi connectivity index (χ1v) is 1.43. The van der Waals surface area contributed by atoms with E-state index in [1.807, 2.05) is 0 Å². The molecule has 0 unspecified atom stereocenters. The second-order valence-electron chi connectivity index (χ2n) is 0.685. The summed E-state index contributed by atoms with van der Waals surface area (Å²) in [7, 11) is 0. The number of hydrogen-bond acceptors (Lipinski definition) is 3. The van der Waals surface area contributed by atoms with E-state index in [-0.39, 0.29) is 6.15 Å². The van der Waals surface area contributed by atoms with E-state index in [0.717, 1.165) is 0 Å². The first-order valence-electron chi connectivity index (χ1n) is 1.43. The van der Waals surface area contributed by atoms with Gasteiger partial charge in [-0.15, -0.1) is 0 Å². The molecule has 0 saturated carbocycles. The number of carbonyl (C=O) groups is 2. The van der Waals surface area contributed by atoms with Gasteiger partial charge in [-0.25, -0.2) is 9.59 Å². The van der Waals surface area contributed by atoms with Crippen LogP contribution in [0.15, 0.2) is 0 Å². The van der Waals surface area contributed by atoms with Gasteiger partial charge in [0.25, 0.3) is 0 Å². The highest BCUT2D eigenvalue weighted by atomic mass is 16.6. The number of hydrogen-bond donors (Lipinski definition) is 5. The Morgan fingerprint density at radius 1 is 1.11 bits per heavy atom. The summed E-state index contributed by atoms with van der Waals surface area (Å²) in [5.41, 5.74) is 8.50. The fourth-order valence-corrected chi connectivity index (χ4v) is 0. The minimum Gasteiger partial charge on any atom is -0.450 e. The molecular formula is C2H9N3O4. The molecule has 0 aromatic rings. The van der Waals surface area contributed by atoms with E-state index in [0.29, 0.717) is 0 Å². The number of carboxylic acid groups (broad SMARTS) is 2. The minimum absolute atomic E-state index is 0. The molecule has 0 heterocycles. The molecule has 9 heavy (non-hydrogen) atoms. The first-order chi connectivity index (χ1) is 3.46. The van der Waals surface area contributed by atoms with Gasteiger partial charge in [-0.2, -0.15) is 0 Å². The van der Waals surface area contributed by atoms with Gasteiger partial charge in [-0.1, -0.05) is 0 Å². The maximum absolute atomic E-state index is 9.00. The van der Waals surface area contributed by atoms with Crippen LogP contribution in [0.4, 0.5) is 9.59 Å². The van der Waals surface area contributed by atoms with Gasteiger partial charge in [0.15, 0.2) is 0 Å². The summed E-state index contributed by atoms with van der Waals surface area (Å²) in [6.07, 6.45) is -1.83. The highest BCUT2D eigenvalue weighted by Gasteiger charge is 1.70. The Kier molecular flexibility index (Phi) is 16.9. The number of amides is 2. The minimum atomic E-state index is -1.83. The predicted octanol–water partition coefficient (Wildman–Crippen LogP) is -0.592. The maximum atomic E-state index is 9.00. The van der Waals surface area contributed by atoms with E-state index in [2.05, 4.69) is 11.5 Å². The summed E-state index contributed by atoms with van der Waals surface area (Å²) in [6, 6.07) is -0.833. The fourth-order valence-electron chi connectivity index (χ4n) is 0. The van der Waals surface area contributed by atoms with Gasteiger partial charge >= 0.3 is 12.2 Å². The molecule has 7 nitrogen and oxygen atoms in total. The molecule has 2 amide bonds.